The SMILES string of the molecule is CC(C)O.COc1ccc(CNC(=O)c2ccc3c(c2)NCC(=O)N3)cc1OC. The molecule has 156 valence electrons. The molecule has 1 aliphatic heterocycles. The van der Waals surface area contributed by atoms with E-state index in [1.165, 1.54) is 0 Å². The molecular weight excluding hydrogens is 374 g/mol. The van der Waals surface area contributed by atoms with Gasteiger partial charge in [0.05, 0.1) is 32.1 Å². The number of anilines is 2. The number of nitrogens with one attached hydrogen (secondary N) is 3. The Labute approximate surface area is 170 Å². The van der Waals surface area contributed by atoms with Gasteiger partial charge in [-0.15, -0.1) is 0 Å². The molecule has 4 N–H and O–H groups in total. The van der Waals surface area contributed by atoms with Crippen molar-refractivity contribution in [3.05, 3.63) is 47.5 Å². The third-order valence-corrected chi connectivity index (χ3v) is 3.90. The van der Waals surface area contributed by atoms with Crippen LogP contribution in [0.4, 0.5) is 11.4 Å². The van der Waals surface area contributed by atoms with E-state index < -0.39 is 0 Å². The van der Waals surface area contributed by atoms with E-state index in [0.29, 0.717) is 29.3 Å². The first-order chi connectivity index (χ1) is 13.8. The van der Waals surface area contributed by atoms with Crippen molar-refractivity contribution in [3.63, 3.8) is 0 Å². The number of amides is 2. The number of benzene rings is 2. The van der Waals surface area contributed by atoms with Gasteiger partial charge in [0, 0.05) is 18.2 Å². The van der Waals surface area contributed by atoms with E-state index in [2.05, 4.69) is 16.0 Å². The lowest BCUT2D eigenvalue weighted by atomic mass is 10.1. The van der Waals surface area contributed by atoms with E-state index in [9.17, 15) is 9.59 Å². The number of rotatable bonds is 5. The Morgan fingerprint density at radius 2 is 1.79 bits per heavy atom. The van der Waals surface area contributed by atoms with Crippen molar-refractivity contribution in [2.75, 3.05) is 31.4 Å². The van der Waals surface area contributed by atoms with Gasteiger partial charge >= 0.3 is 0 Å². The Morgan fingerprint density at radius 1 is 1.10 bits per heavy atom. The van der Waals surface area contributed by atoms with Gasteiger partial charge in [-0.1, -0.05) is 6.07 Å². The van der Waals surface area contributed by atoms with Gasteiger partial charge in [-0.05, 0) is 49.7 Å². The molecule has 0 bridgehead atoms. The predicted molar refractivity (Wildman–Crippen MR) is 112 cm³/mol. The number of aliphatic hydroxyl groups excluding tert-OH is 1. The summed E-state index contributed by atoms with van der Waals surface area (Å²) in [5, 5.41) is 16.7. The van der Waals surface area contributed by atoms with E-state index in [1.807, 2.05) is 12.1 Å². The lowest BCUT2D eigenvalue weighted by Crippen LogP contribution is -2.28. The molecule has 8 nitrogen and oxygen atoms in total. The van der Waals surface area contributed by atoms with Crippen LogP contribution in [-0.4, -0.2) is 43.8 Å². The molecule has 29 heavy (non-hydrogen) atoms. The van der Waals surface area contributed by atoms with Crippen LogP contribution < -0.4 is 25.4 Å². The standard InChI is InChI=1S/C18H19N3O4.C3H8O/c1-24-15-6-3-11(7-16(15)25-2)9-20-18(23)12-4-5-13-14(8-12)19-10-17(22)21-13;1-3(2)4/h3-8,19H,9-10H2,1-2H3,(H,20,23)(H,21,22);3-4H,1-2H3. The second-order valence-corrected chi connectivity index (χ2v) is 6.63. The van der Waals surface area contributed by atoms with Gasteiger partial charge < -0.3 is 30.5 Å². The molecule has 0 aromatic heterocycles. The Morgan fingerprint density at radius 3 is 2.45 bits per heavy atom. The molecule has 0 aliphatic carbocycles. The molecule has 3 rings (SSSR count). The number of fused-ring (bicyclic) bond motifs is 1. The third-order valence-electron chi connectivity index (χ3n) is 3.90. The molecule has 1 heterocycles. The Kier molecular flexibility index (Phi) is 7.85. The summed E-state index contributed by atoms with van der Waals surface area (Å²) < 4.78 is 10.5. The van der Waals surface area contributed by atoms with Crippen LogP contribution in [0.5, 0.6) is 11.5 Å². The number of aliphatic hydroxyl groups is 1. The quantitative estimate of drug-likeness (QED) is 0.613. The van der Waals surface area contributed by atoms with Crippen molar-refractivity contribution in [1.82, 2.24) is 5.32 Å². The van der Waals surface area contributed by atoms with Gasteiger partial charge in [0.1, 0.15) is 0 Å². The first kappa shape index (κ1) is 22.0. The first-order valence-electron chi connectivity index (χ1n) is 9.19. The molecule has 2 aromatic carbocycles. The Balaban J connectivity index is 0.000000687. The summed E-state index contributed by atoms with van der Waals surface area (Å²) in [6, 6.07) is 10.6. The second-order valence-electron chi connectivity index (χ2n) is 6.63. The maximum Gasteiger partial charge on any atom is 0.251 e. The zero-order chi connectivity index (χ0) is 21.4. The maximum absolute atomic E-state index is 12.4. The van der Waals surface area contributed by atoms with Crippen LogP contribution in [0.25, 0.3) is 0 Å². The fourth-order valence-corrected chi connectivity index (χ4v) is 2.59. The van der Waals surface area contributed by atoms with Crippen molar-refractivity contribution >= 4 is 23.2 Å². The summed E-state index contributed by atoms with van der Waals surface area (Å²) in [5.41, 5.74) is 2.82. The lowest BCUT2D eigenvalue weighted by Gasteiger charge is -2.19. The van der Waals surface area contributed by atoms with Crippen molar-refractivity contribution in [2.24, 2.45) is 0 Å². The molecule has 0 saturated carbocycles. The molecular formula is C21H27N3O5. The van der Waals surface area contributed by atoms with E-state index in [4.69, 9.17) is 14.6 Å². The average molecular weight is 401 g/mol. The molecule has 0 saturated heterocycles. The van der Waals surface area contributed by atoms with Gasteiger partial charge in [0.25, 0.3) is 5.91 Å². The fraction of sp³-hybridized carbons (Fsp3) is 0.333. The smallest absolute Gasteiger partial charge is 0.251 e. The van der Waals surface area contributed by atoms with Gasteiger partial charge in [-0.25, -0.2) is 0 Å². The highest BCUT2D eigenvalue weighted by Gasteiger charge is 2.16. The molecule has 0 unspecified atom stereocenters. The van der Waals surface area contributed by atoms with E-state index >= 15 is 0 Å². The van der Waals surface area contributed by atoms with Crippen LogP contribution in [0.3, 0.4) is 0 Å². The molecule has 1 aliphatic rings. The molecule has 0 atom stereocenters. The lowest BCUT2D eigenvalue weighted by molar-refractivity contribution is -0.114. The number of hydrogen-bond acceptors (Lipinski definition) is 6. The minimum Gasteiger partial charge on any atom is -0.493 e. The highest BCUT2D eigenvalue weighted by Crippen LogP contribution is 2.28. The highest BCUT2D eigenvalue weighted by molar-refractivity contribution is 6.03. The van der Waals surface area contributed by atoms with Crippen molar-refractivity contribution in [3.8, 4) is 11.5 Å². The number of ether oxygens (including phenoxy) is 2. The number of methoxy groups -OCH3 is 2. The summed E-state index contributed by atoms with van der Waals surface area (Å²) in [4.78, 5) is 23.7. The van der Waals surface area contributed by atoms with Crippen LogP contribution >= 0.6 is 0 Å². The van der Waals surface area contributed by atoms with Crippen LogP contribution in [-0.2, 0) is 11.3 Å². The van der Waals surface area contributed by atoms with Crippen molar-refractivity contribution in [1.29, 1.82) is 0 Å². The van der Waals surface area contributed by atoms with Gasteiger partial charge in [0.15, 0.2) is 11.5 Å². The molecule has 0 radical (unpaired) electrons. The second kappa shape index (κ2) is 10.3. The summed E-state index contributed by atoms with van der Waals surface area (Å²) in [6.45, 7) is 4.00. The Hall–Kier alpha value is -3.26. The average Bonchev–Trinajstić information content (AvgIpc) is 2.70. The van der Waals surface area contributed by atoms with Crippen LogP contribution in [0, 0.1) is 0 Å². The minimum atomic E-state index is -0.198. The molecule has 0 fully saturated rings. The zero-order valence-electron chi connectivity index (χ0n) is 17.0. The third kappa shape index (κ3) is 6.39. The van der Waals surface area contributed by atoms with Gasteiger partial charge in [0.2, 0.25) is 5.91 Å². The fourth-order valence-electron chi connectivity index (χ4n) is 2.59. The molecule has 2 amide bonds. The summed E-state index contributed by atoms with van der Waals surface area (Å²) >= 11 is 0. The van der Waals surface area contributed by atoms with E-state index in [0.717, 1.165) is 11.3 Å². The number of carbonyl (C=O) groups is 2. The predicted octanol–water partition coefficient (Wildman–Crippen LogP) is 2.38. The normalized spacial score (nSPS) is 12.0. The number of carbonyl (C=O) groups excluding carboxylic acids is 2. The Bertz CT molecular complexity index is 865. The molecule has 8 heteroatoms. The molecule has 0 spiro atoms. The zero-order valence-corrected chi connectivity index (χ0v) is 17.0. The van der Waals surface area contributed by atoms with Crippen LogP contribution in [0.15, 0.2) is 36.4 Å². The topological polar surface area (TPSA) is 109 Å². The van der Waals surface area contributed by atoms with Crippen LogP contribution in [0.1, 0.15) is 29.8 Å². The summed E-state index contributed by atoms with van der Waals surface area (Å²) in [5.74, 6) is 0.956. The van der Waals surface area contributed by atoms with Gasteiger partial charge in [-0.3, -0.25) is 9.59 Å². The first-order valence-corrected chi connectivity index (χ1v) is 9.19. The monoisotopic (exact) mass is 401 g/mol. The summed E-state index contributed by atoms with van der Waals surface area (Å²) in [7, 11) is 3.14. The minimum absolute atomic E-state index is 0.0989. The van der Waals surface area contributed by atoms with E-state index in [-0.39, 0.29) is 24.5 Å². The summed E-state index contributed by atoms with van der Waals surface area (Å²) in [6.07, 6.45) is -0.167. The van der Waals surface area contributed by atoms with Crippen LogP contribution in [0.2, 0.25) is 0 Å². The van der Waals surface area contributed by atoms with Crippen molar-refractivity contribution in [2.45, 2.75) is 26.5 Å². The maximum atomic E-state index is 12.4. The number of hydrogen-bond donors (Lipinski definition) is 4. The van der Waals surface area contributed by atoms with E-state index in [1.54, 1.807) is 52.3 Å². The largest absolute Gasteiger partial charge is 0.493 e. The molecule has 2 aromatic rings. The van der Waals surface area contributed by atoms with Crippen molar-refractivity contribution < 1.29 is 24.2 Å². The van der Waals surface area contributed by atoms with Gasteiger partial charge in [-0.2, -0.15) is 0 Å². The highest BCUT2D eigenvalue weighted by atomic mass is 16.5.